The maximum absolute atomic E-state index is 12.7. The number of anilines is 1. The number of carbonyl (C=O) groups excluding carboxylic acids is 1. The van der Waals surface area contributed by atoms with Crippen LogP contribution in [0.25, 0.3) is 31.8 Å². The molecule has 8 heteroatoms. The molecular formula is C26H25N5O2S. The number of benzene rings is 2. The van der Waals surface area contributed by atoms with E-state index < -0.39 is 0 Å². The molecule has 0 saturated heterocycles. The quantitative estimate of drug-likeness (QED) is 0.357. The van der Waals surface area contributed by atoms with Crippen LogP contribution in [0.3, 0.4) is 0 Å². The van der Waals surface area contributed by atoms with E-state index in [4.69, 9.17) is 14.7 Å². The Morgan fingerprint density at radius 3 is 2.59 bits per heavy atom. The van der Waals surface area contributed by atoms with E-state index in [1.54, 1.807) is 23.1 Å². The number of ether oxygens (including phenoxy) is 1. The van der Waals surface area contributed by atoms with Crippen LogP contribution in [-0.4, -0.2) is 32.8 Å². The second-order valence-electron chi connectivity index (χ2n) is 8.24. The van der Waals surface area contributed by atoms with Gasteiger partial charge in [-0.05, 0) is 67.8 Å². The van der Waals surface area contributed by atoms with E-state index in [0.29, 0.717) is 18.7 Å². The number of hydrogen-bond donors (Lipinski definition) is 1. The summed E-state index contributed by atoms with van der Waals surface area (Å²) in [6, 6.07) is 15.9. The summed E-state index contributed by atoms with van der Waals surface area (Å²) in [5, 5.41) is 9.27. The number of pyridine rings is 1. The van der Waals surface area contributed by atoms with Gasteiger partial charge in [0, 0.05) is 30.4 Å². The second kappa shape index (κ2) is 8.87. The average Bonchev–Trinajstić information content (AvgIpc) is 3.40. The van der Waals surface area contributed by atoms with Gasteiger partial charge in [0.2, 0.25) is 11.8 Å². The fourth-order valence-corrected chi connectivity index (χ4v) is 5.23. The number of hydrogen-bond acceptors (Lipinski definition) is 6. The summed E-state index contributed by atoms with van der Waals surface area (Å²) < 4.78 is 8.32. The zero-order valence-corrected chi connectivity index (χ0v) is 20.4. The van der Waals surface area contributed by atoms with Crippen molar-refractivity contribution in [3.8, 4) is 16.5 Å². The van der Waals surface area contributed by atoms with Gasteiger partial charge >= 0.3 is 0 Å². The molecule has 0 radical (unpaired) electrons. The first-order chi connectivity index (χ1) is 16.4. The molecule has 34 heavy (non-hydrogen) atoms. The molecule has 0 aliphatic carbocycles. The summed E-state index contributed by atoms with van der Waals surface area (Å²) in [6.45, 7) is 4.01. The van der Waals surface area contributed by atoms with Gasteiger partial charge in [-0.3, -0.25) is 4.79 Å². The van der Waals surface area contributed by atoms with Crippen LogP contribution < -0.4 is 10.1 Å². The highest BCUT2D eigenvalue weighted by molar-refractivity contribution is 7.21. The van der Waals surface area contributed by atoms with E-state index in [2.05, 4.69) is 16.5 Å². The number of carbonyl (C=O) groups is 1. The molecule has 3 aromatic heterocycles. The Morgan fingerprint density at radius 2 is 1.85 bits per heavy atom. The number of fused-ring (bicyclic) bond motifs is 2. The van der Waals surface area contributed by atoms with Crippen molar-refractivity contribution in [1.29, 1.82) is 0 Å². The number of thiazole rings is 1. The van der Waals surface area contributed by atoms with Gasteiger partial charge in [-0.25, -0.2) is 14.6 Å². The Bertz CT molecular complexity index is 1490. The Morgan fingerprint density at radius 1 is 1.09 bits per heavy atom. The first-order valence-electron chi connectivity index (χ1n) is 11.1. The van der Waals surface area contributed by atoms with Crippen LogP contribution >= 0.6 is 11.3 Å². The predicted octanol–water partition coefficient (Wildman–Crippen LogP) is 5.44. The minimum Gasteiger partial charge on any atom is -0.479 e. The maximum Gasteiger partial charge on any atom is 0.242 e. The summed E-state index contributed by atoms with van der Waals surface area (Å²) in [5.41, 5.74) is 6.61. The van der Waals surface area contributed by atoms with Crippen LogP contribution in [0.5, 0.6) is 5.88 Å². The van der Waals surface area contributed by atoms with Gasteiger partial charge in [-0.1, -0.05) is 12.1 Å². The van der Waals surface area contributed by atoms with Crippen molar-refractivity contribution in [2.45, 2.75) is 26.7 Å². The molecule has 0 saturated carbocycles. The largest absolute Gasteiger partial charge is 0.479 e. The average molecular weight is 472 g/mol. The number of aromatic nitrogens is 4. The number of amides is 1. The molecule has 5 aromatic rings. The van der Waals surface area contributed by atoms with Crippen molar-refractivity contribution in [3.63, 3.8) is 0 Å². The fourth-order valence-electron chi connectivity index (χ4n) is 4.26. The number of aryl methyl sites for hydroxylation is 3. The van der Waals surface area contributed by atoms with E-state index in [9.17, 15) is 4.79 Å². The molecule has 3 heterocycles. The molecule has 0 unspecified atom stereocenters. The van der Waals surface area contributed by atoms with E-state index in [0.717, 1.165) is 54.3 Å². The van der Waals surface area contributed by atoms with Gasteiger partial charge in [0.25, 0.3) is 0 Å². The topological polar surface area (TPSA) is 81.9 Å². The highest BCUT2D eigenvalue weighted by atomic mass is 32.1. The number of nitrogens with zero attached hydrogens (tertiary/aromatic N) is 4. The SMILES string of the molecule is COc1nn(C)c2nc(C)c(CCC(=O)Nc3ccc(-c4nc5ccccc5s4)cc3)c(C)c12. The Labute approximate surface area is 201 Å². The summed E-state index contributed by atoms with van der Waals surface area (Å²) >= 11 is 1.66. The molecule has 0 spiro atoms. The fraction of sp³-hybridized carbons (Fsp3) is 0.231. The lowest BCUT2D eigenvalue weighted by atomic mass is 10.00. The van der Waals surface area contributed by atoms with Crippen LogP contribution in [0.15, 0.2) is 48.5 Å². The van der Waals surface area contributed by atoms with E-state index >= 15 is 0 Å². The molecule has 0 aliphatic heterocycles. The van der Waals surface area contributed by atoms with Crippen molar-refractivity contribution in [3.05, 3.63) is 65.4 Å². The monoisotopic (exact) mass is 471 g/mol. The number of methoxy groups -OCH3 is 1. The standard InChI is InChI=1S/C26H25N5O2S/c1-15-19(16(2)27-24-23(15)25(33-4)30-31(24)3)13-14-22(32)28-18-11-9-17(10-12-18)26-29-20-7-5-6-8-21(20)34-26/h5-12H,13-14H2,1-4H3,(H,28,32). The first-order valence-corrected chi connectivity index (χ1v) is 11.9. The van der Waals surface area contributed by atoms with Crippen molar-refractivity contribution in [2.24, 2.45) is 7.05 Å². The van der Waals surface area contributed by atoms with Gasteiger partial charge in [-0.15, -0.1) is 16.4 Å². The van der Waals surface area contributed by atoms with Crippen LogP contribution in [-0.2, 0) is 18.3 Å². The third-order valence-electron chi connectivity index (χ3n) is 6.03. The first kappa shape index (κ1) is 22.0. The predicted molar refractivity (Wildman–Crippen MR) is 137 cm³/mol. The molecule has 0 fully saturated rings. The smallest absolute Gasteiger partial charge is 0.242 e. The minimum absolute atomic E-state index is 0.0372. The molecule has 0 aliphatic rings. The molecule has 0 bridgehead atoms. The van der Waals surface area contributed by atoms with E-state index in [-0.39, 0.29) is 5.91 Å². The molecule has 0 atom stereocenters. The summed E-state index contributed by atoms with van der Waals surface area (Å²) in [7, 11) is 3.46. The van der Waals surface area contributed by atoms with Crippen molar-refractivity contribution >= 4 is 44.2 Å². The lowest BCUT2D eigenvalue weighted by Crippen LogP contribution is -2.13. The lowest BCUT2D eigenvalue weighted by molar-refractivity contribution is -0.116. The van der Waals surface area contributed by atoms with Crippen LogP contribution in [0.4, 0.5) is 5.69 Å². The molecule has 5 rings (SSSR count). The molecule has 1 amide bonds. The Hall–Kier alpha value is -3.78. The summed E-state index contributed by atoms with van der Waals surface area (Å²) in [6.07, 6.45) is 0.950. The highest BCUT2D eigenvalue weighted by Crippen LogP contribution is 2.32. The summed E-state index contributed by atoms with van der Waals surface area (Å²) in [5.74, 6) is 0.520. The van der Waals surface area contributed by atoms with Crippen LogP contribution in [0.2, 0.25) is 0 Å². The lowest BCUT2D eigenvalue weighted by Gasteiger charge is -2.11. The van der Waals surface area contributed by atoms with Gasteiger partial charge in [0.05, 0.1) is 22.7 Å². The zero-order valence-electron chi connectivity index (χ0n) is 19.5. The molecule has 172 valence electrons. The number of rotatable bonds is 6. The normalized spacial score (nSPS) is 11.3. The Kier molecular flexibility index (Phi) is 5.75. The van der Waals surface area contributed by atoms with Crippen molar-refractivity contribution in [2.75, 3.05) is 12.4 Å². The number of nitrogens with one attached hydrogen (secondary N) is 1. The molecule has 1 N–H and O–H groups in total. The van der Waals surface area contributed by atoms with Crippen LogP contribution in [0, 0.1) is 13.8 Å². The third kappa shape index (κ3) is 4.01. The molecule has 2 aromatic carbocycles. The third-order valence-corrected chi connectivity index (χ3v) is 7.11. The summed E-state index contributed by atoms with van der Waals surface area (Å²) in [4.78, 5) is 22.1. The van der Waals surface area contributed by atoms with Gasteiger partial charge in [0.1, 0.15) is 5.01 Å². The second-order valence-corrected chi connectivity index (χ2v) is 9.28. The Balaban J connectivity index is 1.28. The maximum atomic E-state index is 12.7. The minimum atomic E-state index is -0.0372. The van der Waals surface area contributed by atoms with Gasteiger partial charge in [0.15, 0.2) is 5.65 Å². The molecular weight excluding hydrogens is 446 g/mol. The van der Waals surface area contributed by atoms with E-state index in [1.165, 1.54) is 0 Å². The van der Waals surface area contributed by atoms with Crippen LogP contribution in [0.1, 0.15) is 23.2 Å². The zero-order chi connectivity index (χ0) is 23.8. The van der Waals surface area contributed by atoms with E-state index in [1.807, 2.05) is 63.4 Å². The van der Waals surface area contributed by atoms with Crippen molar-refractivity contribution < 1.29 is 9.53 Å². The van der Waals surface area contributed by atoms with Gasteiger partial charge in [-0.2, -0.15) is 0 Å². The highest BCUT2D eigenvalue weighted by Gasteiger charge is 2.18. The van der Waals surface area contributed by atoms with Crippen molar-refractivity contribution in [1.82, 2.24) is 19.7 Å². The molecule has 7 nitrogen and oxygen atoms in total. The number of para-hydroxylation sites is 1. The van der Waals surface area contributed by atoms with Gasteiger partial charge < -0.3 is 10.1 Å².